The summed E-state index contributed by atoms with van der Waals surface area (Å²) in [6, 6.07) is 4.83. The SMILES string of the molecule is O=C(c1cccc(Cl)c1F)N(CCCBr)C1CCC1. The lowest BCUT2D eigenvalue weighted by atomic mass is 9.90. The third-order valence-corrected chi connectivity index (χ3v) is 4.34. The summed E-state index contributed by atoms with van der Waals surface area (Å²) < 4.78 is 13.9. The maximum atomic E-state index is 13.9. The van der Waals surface area contributed by atoms with Gasteiger partial charge in [0.05, 0.1) is 10.6 Å². The first-order chi connectivity index (χ1) is 9.15. The number of alkyl halides is 1. The van der Waals surface area contributed by atoms with Gasteiger partial charge in [0.25, 0.3) is 5.91 Å². The van der Waals surface area contributed by atoms with Crippen LogP contribution in [0.2, 0.25) is 5.02 Å². The zero-order chi connectivity index (χ0) is 13.8. The van der Waals surface area contributed by atoms with Crippen molar-refractivity contribution in [1.82, 2.24) is 4.90 Å². The predicted octanol–water partition coefficient (Wildman–Crippen LogP) is 4.26. The second-order valence-corrected chi connectivity index (χ2v) is 5.93. The molecule has 0 radical (unpaired) electrons. The number of hydrogen-bond acceptors (Lipinski definition) is 1. The molecular weight excluding hydrogens is 333 g/mol. The van der Waals surface area contributed by atoms with E-state index in [1.54, 1.807) is 11.0 Å². The fourth-order valence-corrected chi connectivity index (χ4v) is 2.63. The van der Waals surface area contributed by atoms with E-state index in [2.05, 4.69) is 15.9 Å². The molecule has 19 heavy (non-hydrogen) atoms. The Labute approximate surface area is 126 Å². The molecule has 0 bridgehead atoms. The number of carbonyl (C=O) groups excluding carboxylic acids is 1. The molecule has 1 amide bonds. The summed E-state index contributed by atoms with van der Waals surface area (Å²) in [4.78, 5) is 14.3. The van der Waals surface area contributed by atoms with Crippen LogP contribution in [0.3, 0.4) is 0 Å². The van der Waals surface area contributed by atoms with E-state index >= 15 is 0 Å². The molecule has 2 nitrogen and oxygen atoms in total. The summed E-state index contributed by atoms with van der Waals surface area (Å²) >= 11 is 9.11. The van der Waals surface area contributed by atoms with Gasteiger partial charge in [-0.3, -0.25) is 4.79 Å². The lowest BCUT2D eigenvalue weighted by Crippen LogP contribution is -2.45. The molecule has 1 saturated carbocycles. The lowest BCUT2D eigenvalue weighted by Gasteiger charge is -2.37. The van der Waals surface area contributed by atoms with Crippen LogP contribution in [0.1, 0.15) is 36.0 Å². The molecule has 0 unspecified atom stereocenters. The highest BCUT2D eigenvalue weighted by Crippen LogP contribution is 2.28. The molecule has 0 atom stereocenters. The van der Waals surface area contributed by atoms with Crippen molar-refractivity contribution in [3.05, 3.63) is 34.6 Å². The molecule has 1 aromatic carbocycles. The van der Waals surface area contributed by atoms with E-state index in [1.807, 2.05) is 0 Å². The summed E-state index contributed by atoms with van der Waals surface area (Å²) in [6.07, 6.45) is 4.03. The number of benzene rings is 1. The quantitative estimate of drug-likeness (QED) is 0.728. The Morgan fingerprint density at radius 1 is 1.47 bits per heavy atom. The van der Waals surface area contributed by atoms with Crippen LogP contribution in [-0.2, 0) is 0 Å². The molecule has 0 spiro atoms. The number of amides is 1. The van der Waals surface area contributed by atoms with Gasteiger partial charge in [0.2, 0.25) is 0 Å². The van der Waals surface area contributed by atoms with Crippen molar-refractivity contribution in [3.63, 3.8) is 0 Å². The van der Waals surface area contributed by atoms with Crippen molar-refractivity contribution in [2.75, 3.05) is 11.9 Å². The van der Waals surface area contributed by atoms with Crippen LogP contribution in [0, 0.1) is 5.82 Å². The molecule has 1 aromatic rings. The summed E-state index contributed by atoms with van der Waals surface area (Å²) in [5, 5.41) is 0.835. The molecule has 104 valence electrons. The van der Waals surface area contributed by atoms with Crippen LogP contribution in [0.4, 0.5) is 4.39 Å². The summed E-state index contributed by atoms with van der Waals surface area (Å²) in [6.45, 7) is 0.653. The van der Waals surface area contributed by atoms with Crippen molar-refractivity contribution in [1.29, 1.82) is 0 Å². The minimum Gasteiger partial charge on any atom is -0.336 e. The molecule has 0 aliphatic heterocycles. The van der Waals surface area contributed by atoms with E-state index in [1.165, 1.54) is 12.1 Å². The average molecular weight is 349 g/mol. The van der Waals surface area contributed by atoms with Gasteiger partial charge in [0.1, 0.15) is 0 Å². The molecule has 5 heteroatoms. The smallest absolute Gasteiger partial charge is 0.257 e. The average Bonchev–Trinajstić information content (AvgIpc) is 2.34. The number of nitrogens with zero attached hydrogens (tertiary/aromatic N) is 1. The van der Waals surface area contributed by atoms with Crippen molar-refractivity contribution >= 4 is 33.4 Å². The minimum atomic E-state index is -0.614. The summed E-state index contributed by atoms with van der Waals surface area (Å²) in [5.41, 5.74) is 0.0778. The number of halogens is 3. The second-order valence-electron chi connectivity index (χ2n) is 4.73. The van der Waals surface area contributed by atoms with E-state index in [0.717, 1.165) is 31.0 Å². The van der Waals surface area contributed by atoms with E-state index in [4.69, 9.17) is 11.6 Å². The first-order valence-electron chi connectivity index (χ1n) is 6.46. The van der Waals surface area contributed by atoms with Crippen LogP contribution in [0.5, 0.6) is 0 Å². The maximum absolute atomic E-state index is 13.9. The summed E-state index contributed by atoms with van der Waals surface area (Å²) in [7, 11) is 0. The van der Waals surface area contributed by atoms with Gasteiger partial charge in [0.15, 0.2) is 5.82 Å². The molecule has 0 N–H and O–H groups in total. The first kappa shape index (κ1) is 14.8. The van der Waals surface area contributed by atoms with Gasteiger partial charge in [-0.25, -0.2) is 4.39 Å². The predicted molar refractivity (Wildman–Crippen MR) is 78.5 cm³/mol. The van der Waals surface area contributed by atoms with Crippen LogP contribution in [0.15, 0.2) is 18.2 Å². The van der Waals surface area contributed by atoms with Gasteiger partial charge in [-0.2, -0.15) is 0 Å². The summed E-state index contributed by atoms with van der Waals surface area (Å²) in [5.74, 6) is -0.858. The molecule has 1 aliphatic rings. The van der Waals surface area contributed by atoms with Gasteiger partial charge < -0.3 is 4.90 Å². The van der Waals surface area contributed by atoms with E-state index in [0.29, 0.717) is 6.54 Å². The Morgan fingerprint density at radius 2 is 2.21 bits per heavy atom. The van der Waals surface area contributed by atoms with Gasteiger partial charge in [-0.15, -0.1) is 0 Å². The molecular formula is C14H16BrClFNO. The Kier molecular flexibility index (Phi) is 5.22. The standard InChI is InChI=1S/C14H16BrClFNO/c15-8-3-9-18(10-4-1-5-10)14(19)11-6-2-7-12(16)13(11)17/h2,6-7,10H,1,3-5,8-9H2. The first-order valence-corrected chi connectivity index (χ1v) is 7.96. The highest BCUT2D eigenvalue weighted by Gasteiger charge is 2.30. The highest BCUT2D eigenvalue weighted by molar-refractivity contribution is 9.09. The molecule has 1 fully saturated rings. The van der Waals surface area contributed by atoms with Crippen LogP contribution in [0.25, 0.3) is 0 Å². The fraction of sp³-hybridized carbons (Fsp3) is 0.500. The molecule has 0 heterocycles. The van der Waals surface area contributed by atoms with Gasteiger partial charge in [0, 0.05) is 17.9 Å². The van der Waals surface area contributed by atoms with E-state index < -0.39 is 5.82 Å². The fourth-order valence-electron chi connectivity index (χ4n) is 2.20. The third-order valence-electron chi connectivity index (χ3n) is 3.49. The maximum Gasteiger partial charge on any atom is 0.257 e. The van der Waals surface area contributed by atoms with Crippen LogP contribution >= 0.6 is 27.5 Å². The van der Waals surface area contributed by atoms with Crippen molar-refractivity contribution in [2.45, 2.75) is 31.7 Å². The lowest BCUT2D eigenvalue weighted by molar-refractivity contribution is 0.0576. The van der Waals surface area contributed by atoms with Gasteiger partial charge in [-0.05, 0) is 37.8 Å². The largest absolute Gasteiger partial charge is 0.336 e. The number of carbonyl (C=O) groups is 1. The zero-order valence-corrected chi connectivity index (χ0v) is 12.9. The number of rotatable bonds is 5. The second kappa shape index (κ2) is 6.71. The van der Waals surface area contributed by atoms with Crippen molar-refractivity contribution < 1.29 is 9.18 Å². The van der Waals surface area contributed by atoms with Crippen molar-refractivity contribution in [2.24, 2.45) is 0 Å². The molecule has 1 aliphatic carbocycles. The number of hydrogen-bond donors (Lipinski definition) is 0. The third kappa shape index (κ3) is 3.29. The highest BCUT2D eigenvalue weighted by atomic mass is 79.9. The van der Waals surface area contributed by atoms with Crippen LogP contribution in [-0.4, -0.2) is 28.7 Å². The Balaban J connectivity index is 2.20. The Bertz CT molecular complexity index is 465. The molecule has 2 rings (SSSR count). The Morgan fingerprint density at radius 3 is 2.79 bits per heavy atom. The normalized spacial score (nSPS) is 15.1. The van der Waals surface area contributed by atoms with Crippen molar-refractivity contribution in [3.8, 4) is 0 Å². The molecule has 0 saturated heterocycles. The minimum absolute atomic E-state index is 0.0000917. The molecule has 0 aromatic heterocycles. The van der Waals surface area contributed by atoms with Gasteiger partial charge in [-0.1, -0.05) is 33.6 Å². The van der Waals surface area contributed by atoms with E-state index in [9.17, 15) is 9.18 Å². The monoisotopic (exact) mass is 347 g/mol. The van der Waals surface area contributed by atoms with E-state index in [-0.39, 0.29) is 22.5 Å². The zero-order valence-electron chi connectivity index (χ0n) is 10.5. The Hall–Kier alpha value is -0.610. The topological polar surface area (TPSA) is 20.3 Å². The van der Waals surface area contributed by atoms with Gasteiger partial charge >= 0.3 is 0 Å². The van der Waals surface area contributed by atoms with Crippen LogP contribution < -0.4 is 0 Å².